The Labute approximate surface area is 68.4 Å². The number of hydrogen-bond donors (Lipinski definition) is 0. The SMILES string of the molecule is O=COc1cnn2ccccc12. The van der Waals surface area contributed by atoms with E-state index < -0.39 is 0 Å². The van der Waals surface area contributed by atoms with Crippen LogP contribution in [0.5, 0.6) is 5.75 Å². The number of pyridine rings is 1. The van der Waals surface area contributed by atoms with Crippen molar-refractivity contribution in [3.63, 3.8) is 0 Å². The molecule has 4 heteroatoms. The summed E-state index contributed by atoms with van der Waals surface area (Å²) in [6.45, 7) is 0.393. The van der Waals surface area contributed by atoms with Gasteiger partial charge in [0.25, 0.3) is 6.47 Å². The summed E-state index contributed by atoms with van der Waals surface area (Å²) in [6.07, 6.45) is 3.29. The number of rotatable bonds is 2. The zero-order chi connectivity index (χ0) is 8.39. The predicted molar refractivity (Wildman–Crippen MR) is 41.9 cm³/mol. The first-order valence-corrected chi connectivity index (χ1v) is 3.44. The molecule has 2 aromatic heterocycles. The van der Waals surface area contributed by atoms with Gasteiger partial charge in [0.2, 0.25) is 0 Å². The van der Waals surface area contributed by atoms with E-state index in [2.05, 4.69) is 5.10 Å². The summed E-state index contributed by atoms with van der Waals surface area (Å²) in [4.78, 5) is 10.1. The molecule has 0 spiro atoms. The second-order valence-electron chi connectivity index (χ2n) is 2.25. The van der Waals surface area contributed by atoms with Crippen molar-refractivity contribution in [1.29, 1.82) is 0 Å². The van der Waals surface area contributed by atoms with E-state index in [9.17, 15) is 4.79 Å². The Kier molecular flexibility index (Phi) is 1.51. The monoisotopic (exact) mass is 162 g/mol. The average Bonchev–Trinajstić information content (AvgIpc) is 2.50. The van der Waals surface area contributed by atoms with E-state index in [0.29, 0.717) is 12.2 Å². The summed E-state index contributed by atoms with van der Waals surface area (Å²) in [6, 6.07) is 5.53. The van der Waals surface area contributed by atoms with Gasteiger partial charge in [0.1, 0.15) is 5.52 Å². The second kappa shape index (κ2) is 2.65. The molecule has 0 atom stereocenters. The fraction of sp³-hybridized carbons (Fsp3) is 0. The molecule has 4 nitrogen and oxygen atoms in total. The Morgan fingerprint density at radius 1 is 1.50 bits per heavy atom. The second-order valence-corrected chi connectivity index (χ2v) is 2.25. The lowest BCUT2D eigenvalue weighted by Crippen LogP contribution is -1.87. The lowest BCUT2D eigenvalue weighted by Gasteiger charge is -1.92. The van der Waals surface area contributed by atoms with Crippen LogP contribution >= 0.6 is 0 Å². The zero-order valence-corrected chi connectivity index (χ0v) is 6.18. The Hall–Kier alpha value is -1.84. The molecule has 0 aromatic carbocycles. The number of carbonyl (C=O) groups excluding carboxylic acids is 1. The van der Waals surface area contributed by atoms with E-state index in [-0.39, 0.29) is 0 Å². The van der Waals surface area contributed by atoms with Gasteiger partial charge in [-0.1, -0.05) is 6.07 Å². The number of aromatic nitrogens is 2. The maximum atomic E-state index is 10.1. The van der Waals surface area contributed by atoms with Crippen LogP contribution in [0.2, 0.25) is 0 Å². The molecule has 0 unspecified atom stereocenters. The standard InChI is InChI=1S/C8H6N2O2/c11-6-12-8-5-9-10-4-2-1-3-7(8)10/h1-6H. The highest BCUT2D eigenvalue weighted by Crippen LogP contribution is 2.17. The van der Waals surface area contributed by atoms with E-state index in [4.69, 9.17) is 4.74 Å². The minimum atomic E-state index is 0.393. The first kappa shape index (κ1) is 6.84. The maximum Gasteiger partial charge on any atom is 0.298 e. The zero-order valence-electron chi connectivity index (χ0n) is 6.18. The van der Waals surface area contributed by atoms with Crippen molar-refractivity contribution in [2.45, 2.75) is 0 Å². The van der Waals surface area contributed by atoms with Crippen LogP contribution in [0.3, 0.4) is 0 Å². The lowest BCUT2D eigenvalue weighted by atomic mass is 10.4. The van der Waals surface area contributed by atoms with E-state index in [0.717, 1.165) is 5.52 Å². The van der Waals surface area contributed by atoms with Crippen molar-refractivity contribution < 1.29 is 9.53 Å². The predicted octanol–water partition coefficient (Wildman–Crippen LogP) is 0.869. The van der Waals surface area contributed by atoms with E-state index in [1.165, 1.54) is 6.20 Å². The van der Waals surface area contributed by atoms with Crippen LogP contribution in [0.4, 0.5) is 0 Å². The van der Waals surface area contributed by atoms with Gasteiger partial charge >= 0.3 is 0 Å². The smallest absolute Gasteiger partial charge is 0.298 e. The van der Waals surface area contributed by atoms with Gasteiger partial charge in [-0.2, -0.15) is 5.10 Å². The van der Waals surface area contributed by atoms with Crippen LogP contribution in [0.25, 0.3) is 5.52 Å². The van der Waals surface area contributed by atoms with Crippen LogP contribution in [-0.4, -0.2) is 16.1 Å². The molecule has 0 saturated carbocycles. The van der Waals surface area contributed by atoms with E-state index >= 15 is 0 Å². The quantitative estimate of drug-likeness (QED) is 0.615. The molecule has 12 heavy (non-hydrogen) atoms. The molecule has 2 heterocycles. The third kappa shape index (κ3) is 0.934. The van der Waals surface area contributed by atoms with Crippen molar-refractivity contribution in [3.05, 3.63) is 30.6 Å². The Morgan fingerprint density at radius 2 is 2.42 bits per heavy atom. The topological polar surface area (TPSA) is 43.6 Å². The van der Waals surface area contributed by atoms with Crippen molar-refractivity contribution in [1.82, 2.24) is 9.61 Å². The van der Waals surface area contributed by atoms with Crippen LogP contribution in [0.1, 0.15) is 0 Å². The number of hydrogen-bond acceptors (Lipinski definition) is 3. The summed E-state index contributed by atoms with van der Waals surface area (Å²) in [5, 5.41) is 3.97. The number of nitrogens with zero attached hydrogens (tertiary/aromatic N) is 2. The molecule has 0 bridgehead atoms. The Balaban J connectivity index is 2.62. The minimum Gasteiger partial charge on any atom is -0.425 e. The van der Waals surface area contributed by atoms with Gasteiger partial charge in [-0.05, 0) is 12.1 Å². The first-order chi connectivity index (χ1) is 5.92. The van der Waals surface area contributed by atoms with Crippen LogP contribution in [0.15, 0.2) is 30.6 Å². The normalized spacial score (nSPS) is 10.0. The Morgan fingerprint density at radius 3 is 3.25 bits per heavy atom. The summed E-state index contributed by atoms with van der Waals surface area (Å²) < 4.78 is 6.33. The summed E-state index contributed by atoms with van der Waals surface area (Å²) in [7, 11) is 0. The van der Waals surface area contributed by atoms with Crippen molar-refractivity contribution in [3.8, 4) is 5.75 Å². The van der Waals surface area contributed by atoms with Gasteiger partial charge in [0.15, 0.2) is 5.75 Å². The van der Waals surface area contributed by atoms with Gasteiger partial charge in [0, 0.05) is 6.20 Å². The van der Waals surface area contributed by atoms with Gasteiger partial charge < -0.3 is 4.74 Å². The van der Waals surface area contributed by atoms with Crippen molar-refractivity contribution in [2.24, 2.45) is 0 Å². The molecule has 0 aliphatic heterocycles. The van der Waals surface area contributed by atoms with Crippen LogP contribution < -0.4 is 4.74 Å². The minimum absolute atomic E-state index is 0.393. The van der Waals surface area contributed by atoms with Crippen LogP contribution in [-0.2, 0) is 4.79 Å². The van der Waals surface area contributed by atoms with Gasteiger partial charge in [-0.25, -0.2) is 4.52 Å². The molecule has 0 fully saturated rings. The number of fused-ring (bicyclic) bond motifs is 1. The number of carbonyl (C=O) groups is 1. The highest BCUT2D eigenvalue weighted by atomic mass is 16.5. The average molecular weight is 162 g/mol. The van der Waals surface area contributed by atoms with Crippen molar-refractivity contribution in [2.75, 3.05) is 0 Å². The molecule has 0 N–H and O–H groups in total. The molecule has 0 saturated heterocycles. The molecule has 0 radical (unpaired) electrons. The molecule has 60 valence electrons. The van der Waals surface area contributed by atoms with Gasteiger partial charge in [0.05, 0.1) is 6.20 Å². The van der Waals surface area contributed by atoms with Gasteiger partial charge in [-0.3, -0.25) is 4.79 Å². The molecule has 2 rings (SSSR count). The maximum absolute atomic E-state index is 10.1. The van der Waals surface area contributed by atoms with Crippen LogP contribution in [0, 0.1) is 0 Å². The highest BCUT2D eigenvalue weighted by Gasteiger charge is 2.01. The van der Waals surface area contributed by atoms with Crippen molar-refractivity contribution >= 4 is 12.0 Å². The third-order valence-electron chi connectivity index (χ3n) is 1.57. The van der Waals surface area contributed by atoms with E-state index in [1.54, 1.807) is 10.7 Å². The Bertz CT molecular complexity index is 408. The lowest BCUT2D eigenvalue weighted by molar-refractivity contribution is -0.120. The van der Waals surface area contributed by atoms with Gasteiger partial charge in [-0.15, -0.1) is 0 Å². The summed E-state index contributed by atoms with van der Waals surface area (Å²) in [5.74, 6) is 0.477. The molecular weight excluding hydrogens is 156 g/mol. The molecule has 0 amide bonds. The third-order valence-corrected chi connectivity index (χ3v) is 1.57. The summed E-state index contributed by atoms with van der Waals surface area (Å²) in [5.41, 5.74) is 0.782. The molecule has 0 aliphatic carbocycles. The highest BCUT2D eigenvalue weighted by molar-refractivity contribution is 5.62. The fourth-order valence-corrected chi connectivity index (χ4v) is 1.05. The number of ether oxygens (including phenoxy) is 1. The van der Waals surface area contributed by atoms with E-state index in [1.807, 2.05) is 18.2 Å². The largest absolute Gasteiger partial charge is 0.425 e. The fourth-order valence-electron chi connectivity index (χ4n) is 1.05. The summed E-state index contributed by atoms with van der Waals surface area (Å²) >= 11 is 0. The first-order valence-electron chi connectivity index (χ1n) is 3.44. The molecular formula is C8H6N2O2. The molecule has 2 aromatic rings. The molecule has 0 aliphatic rings.